The van der Waals surface area contributed by atoms with Gasteiger partial charge in [0.05, 0.1) is 0 Å². The monoisotopic (exact) mass is 268 g/mol. The van der Waals surface area contributed by atoms with Gasteiger partial charge in [0, 0.05) is 32.8 Å². The van der Waals surface area contributed by atoms with E-state index in [-0.39, 0.29) is 0 Å². The fourth-order valence-electron chi connectivity index (χ4n) is 3.42. The van der Waals surface area contributed by atoms with Crippen molar-refractivity contribution in [3.05, 3.63) is 0 Å². The maximum Gasteiger partial charge on any atom is 0.0472 e. The molecule has 112 valence electrons. The minimum absolute atomic E-state index is 0.445. The van der Waals surface area contributed by atoms with E-state index in [4.69, 9.17) is 4.74 Å². The Kier molecular flexibility index (Phi) is 5.67. The lowest BCUT2D eigenvalue weighted by Crippen LogP contribution is -2.47. The Labute approximate surface area is 119 Å². The van der Waals surface area contributed by atoms with Gasteiger partial charge in [-0.3, -0.25) is 0 Å². The molecule has 2 atom stereocenters. The molecule has 0 aromatic heterocycles. The number of nitrogens with zero attached hydrogens (tertiary/aromatic N) is 1. The minimum Gasteiger partial charge on any atom is -0.381 e. The summed E-state index contributed by atoms with van der Waals surface area (Å²) in [5.74, 6) is 1.93. The highest BCUT2D eigenvalue weighted by molar-refractivity contribution is 4.89. The van der Waals surface area contributed by atoms with E-state index in [0.717, 1.165) is 38.1 Å². The molecule has 0 spiro atoms. The molecule has 3 nitrogen and oxygen atoms in total. The molecule has 3 heteroatoms. The molecule has 0 aromatic rings. The predicted octanol–water partition coefficient (Wildman–Crippen LogP) is 2.37. The molecule has 1 aliphatic carbocycles. The van der Waals surface area contributed by atoms with Crippen LogP contribution in [0.2, 0.25) is 0 Å². The third-order valence-electron chi connectivity index (χ3n) is 4.91. The van der Waals surface area contributed by atoms with Crippen LogP contribution in [0.4, 0.5) is 0 Å². The Hall–Kier alpha value is -0.120. The second kappa shape index (κ2) is 7.05. The molecule has 0 amide bonds. The SMILES string of the molecule is CCCNCC1(CN(C)CC2CC2C)CCOCC1. The van der Waals surface area contributed by atoms with Crippen LogP contribution in [-0.4, -0.2) is 51.3 Å². The standard InChI is InChI=1S/C16H32N2O/c1-4-7-17-12-16(5-8-19-9-6-16)13-18(3)11-15-10-14(15)2/h14-15,17H,4-13H2,1-3H3. The van der Waals surface area contributed by atoms with Gasteiger partial charge < -0.3 is 15.0 Å². The maximum atomic E-state index is 5.58. The van der Waals surface area contributed by atoms with Crippen LogP contribution >= 0.6 is 0 Å². The predicted molar refractivity (Wildman–Crippen MR) is 80.4 cm³/mol. The van der Waals surface area contributed by atoms with Crippen LogP contribution in [-0.2, 0) is 4.74 Å². The highest BCUT2D eigenvalue weighted by Gasteiger charge is 2.37. The van der Waals surface area contributed by atoms with Crippen LogP contribution in [0.3, 0.4) is 0 Å². The second-order valence-corrected chi connectivity index (χ2v) is 6.96. The zero-order valence-electron chi connectivity index (χ0n) is 13.1. The molecule has 0 radical (unpaired) electrons. The van der Waals surface area contributed by atoms with E-state index in [1.807, 2.05) is 0 Å². The Morgan fingerprint density at radius 2 is 2.00 bits per heavy atom. The Morgan fingerprint density at radius 1 is 1.32 bits per heavy atom. The first kappa shape index (κ1) is 15.3. The van der Waals surface area contributed by atoms with Crippen molar-refractivity contribution in [1.82, 2.24) is 10.2 Å². The summed E-state index contributed by atoms with van der Waals surface area (Å²) in [4.78, 5) is 2.58. The van der Waals surface area contributed by atoms with E-state index >= 15 is 0 Å². The number of rotatable bonds is 8. The lowest BCUT2D eigenvalue weighted by Gasteiger charge is -2.40. The highest BCUT2D eigenvalue weighted by Crippen LogP contribution is 2.39. The molecule has 0 bridgehead atoms. The number of hydrogen-bond donors (Lipinski definition) is 1. The van der Waals surface area contributed by atoms with Crippen molar-refractivity contribution < 1.29 is 4.74 Å². The van der Waals surface area contributed by atoms with E-state index in [1.165, 1.54) is 38.8 Å². The smallest absolute Gasteiger partial charge is 0.0472 e. The zero-order chi connectivity index (χ0) is 13.7. The summed E-state index contributed by atoms with van der Waals surface area (Å²) >= 11 is 0. The van der Waals surface area contributed by atoms with Crippen molar-refractivity contribution in [1.29, 1.82) is 0 Å². The van der Waals surface area contributed by atoms with Gasteiger partial charge in [-0.2, -0.15) is 0 Å². The molecule has 1 N–H and O–H groups in total. The first-order valence-corrected chi connectivity index (χ1v) is 8.12. The molecular weight excluding hydrogens is 236 g/mol. The van der Waals surface area contributed by atoms with Gasteiger partial charge in [0.1, 0.15) is 0 Å². The van der Waals surface area contributed by atoms with Crippen LogP contribution < -0.4 is 5.32 Å². The summed E-state index contributed by atoms with van der Waals surface area (Å²) in [5, 5.41) is 3.65. The van der Waals surface area contributed by atoms with Crippen LogP contribution in [0.15, 0.2) is 0 Å². The van der Waals surface area contributed by atoms with Crippen LogP contribution in [0.5, 0.6) is 0 Å². The summed E-state index contributed by atoms with van der Waals surface area (Å²) in [7, 11) is 2.31. The van der Waals surface area contributed by atoms with Gasteiger partial charge in [-0.05, 0) is 56.5 Å². The summed E-state index contributed by atoms with van der Waals surface area (Å²) < 4.78 is 5.58. The van der Waals surface area contributed by atoms with Gasteiger partial charge in [0.25, 0.3) is 0 Å². The molecule has 2 fully saturated rings. The average Bonchev–Trinajstić information content (AvgIpc) is 3.06. The molecule has 1 heterocycles. The second-order valence-electron chi connectivity index (χ2n) is 6.96. The van der Waals surface area contributed by atoms with Crippen molar-refractivity contribution in [2.24, 2.45) is 17.3 Å². The van der Waals surface area contributed by atoms with Gasteiger partial charge in [0.2, 0.25) is 0 Å². The third kappa shape index (κ3) is 4.73. The first-order valence-electron chi connectivity index (χ1n) is 8.12. The van der Waals surface area contributed by atoms with Crippen molar-refractivity contribution in [2.75, 3.05) is 46.4 Å². The largest absolute Gasteiger partial charge is 0.381 e. The Bertz CT molecular complexity index is 263. The van der Waals surface area contributed by atoms with Crippen molar-refractivity contribution in [3.8, 4) is 0 Å². The lowest BCUT2D eigenvalue weighted by molar-refractivity contribution is -0.00115. The molecule has 1 aliphatic heterocycles. The van der Waals surface area contributed by atoms with E-state index < -0.39 is 0 Å². The van der Waals surface area contributed by atoms with Gasteiger partial charge in [-0.25, -0.2) is 0 Å². The topological polar surface area (TPSA) is 24.5 Å². The quantitative estimate of drug-likeness (QED) is 0.684. The fourth-order valence-corrected chi connectivity index (χ4v) is 3.42. The molecular formula is C16H32N2O. The van der Waals surface area contributed by atoms with Crippen molar-refractivity contribution >= 4 is 0 Å². The fraction of sp³-hybridized carbons (Fsp3) is 1.00. The first-order chi connectivity index (χ1) is 9.15. The van der Waals surface area contributed by atoms with E-state index in [2.05, 4.69) is 31.1 Å². The summed E-state index contributed by atoms with van der Waals surface area (Å²) in [6, 6.07) is 0. The number of ether oxygens (including phenoxy) is 1. The van der Waals surface area contributed by atoms with Crippen LogP contribution in [0, 0.1) is 17.3 Å². The minimum atomic E-state index is 0.445. The van der Waals surface area contributed by atoms with Crippen molar-refractivity contribution in [3.63, 3.8) is 0 Å². The van der Waals surface area contributed by atoms with Crippen molar-refractivity contribution in [2.45, 2.75) is 39.5 Å². The molecule has 0 aromatic carbocycles. The van der Waals surface area contributed by atoms with Gasteiger partial charge in [0.15, 0.2) is 0 Å². The Balaban J connectivity index is 1.81. The highest BCUT2D eigenvalue weighted by atomic mass is 16.5. The third-order valence-corrected chi connectivity index (χ3v) is 4.91. The molecule has 19 heavy (non-hydrogen) atoms. The molecule has 1 saturated carbocycles. The van der Waals surface area contributed by atoms with E-state index in [1.54, 1.807) is 0 Å². The van der Waals surface area contributed by atoms with E-state index in [9.17, 15) is 0 Å². The number of nitrogens with one attached hydrogen (secondary N) is 1. The average molecular weight is 268 g/mol. The molecule has 1 saturated heterocycles. The molecule has 2 aliphatic rings. The maximum absolute atomic E-state index is 5.58. The zero-order valence-corrected chi connectivity index (χ0v) is 13.1. The lowest BCUT2D eigenvalue weighted by atomic mass is 9.79. The van der Waals surface area contributed by atoms with Gasteiger partial charge in [-0.1, -0.05) is 13.8 Å². The summed E-state index contributed by atoms with van der Waals surface area (Å²) in [6.45, 7) is 11.3. The summed E-state index contributed by atoms with van der Waals surface area (Å²) in [5.41, 5.74) is 0.445. The van der Waals surface area contributed by atoms with Gasteiger partial charge >= 0.3 is 0 Å². The van der Waals surface area contributed by atoms with E-state index in [0.29, 0.717) is 5.41 Å². The summed E-state index contributed by atoms with van der Waals surface area (Å²) in [6.07, 6.45) is 5.10. The molecule has 2 rings (SSSR count). The van der Waals surface area contributed by atoms with Crippen LogP contribution in [0.1, 0.15) is 39.5 Å². The Morgan fingerprint density at radius 3 is 2.58 bits per heavy atom. The van der Waals surface area contributed by atoms with Crippen LogP contribution in [0.25, 0.3) is 0 Å². The number of hydrogen-bond acceptors (Lipinski definition) is 3. The molecule has 2 unspecified atom stereocenters. The normalized spacial score (nSPS) is 29.7. The van der Waals surface area contributed by atoms with Gasteiger partial charge in [-0.15, -0.1) is 0 Å².